The Morgan fingerprint density at radius 1 is 0.679 bits per heavy atom. The van der Waals surface area contributed by atoms with Crippen LogP contribution < -0.4 is 5.19 Å². The second-order valence-electron chi connectivity index (χ2n) is 15.7. The Morgan fingerprint density at radius 3 is 2.11 bits per heavy atom. The molecule has 0 bridgehead atoms. The van der Waals surface area contributed by atoms with E-state index in [0.717, 1.165) is 57.3 Å². The normalized spacial score (nSPS) is 11.4. The van der Waals surface area contributed by atoms with Crippen LogP contribution in [-0.4, -0.2) is 18.0 Å². The van der Waals surface area contributed by atoms with Crippen molar-refractivity contribution in [2.75, 3.05) is 0 Å². The van der Waals surface area contributed by atoms with Crippen molar-refractivity contribution in [3.63, 3.8) is 0 Å². The molecule has 0 aliphatic carbocycles. The topological polar surface area (TPSA) is 38.9 Å². The molecule has 0 aliphatic heterocycles. The molecule has 8 rings (SSSR count). The summed E-state index contributed by atoms with van der Waals surface area (Å²) in [5.41, 5.74) is 15.8. The van der Waals surface area contributed by atoms with E-state index < -0.39 is 8.07 Å². The van der Waals surface area contributed by atoms with Crippen LogP contribution in [-0.2, 0) is 20.1 Å². The van der Waals surface area contributed by atoms with E-state index in [-0.39, 0.29) is 20.1 Å². The van der Waals surface area contributed by atoms with E-state index in [1.54, 1.807) is 0 Å². The molecule has 56 heavy (non-hydrogen) atoms. The smallest absolute Gasteiger partial charge is 0.120 e. The Kier molecular flexibility index (Phi) is 12.7. The molecule has 3 aromatic heterocycles. The van der Waals surface area contributed by atoms with Gasteiger partial charge in [-0.05, 0) is 95.2 Å². The quantitative estimate of drug-likeness (QED) is 0.113. The molecule has 0 saturated carbocycles. The minimum atomic E-state index is -1.30. The minimum absolute atomic E-state index is 0. The first-order valence-corrected chi connectivity index (χ1v) is 23.0. The first-order chi connectivity index (χ1) is 26.5. The fourth-order valence-electron chi connectivity index (χ4n) is 7.59. The second-order valence-corrected chi connectivity index (χ2v) is 20.7. The summed E-state index contributed by atoms with van der Waals surface area (Å²) in [5.74, 6) is 0.548. The van der Waals surface area contributed by atoms with Crippen LogP contribution in [0, 0.1) is 32.9 Å². The van der Waals surface area contributed by atoms with Gasteiger partial charge in [0.25, 0.3) is 0 Å². The summed E-state index contributed by atoms with van der Waals surface area (Å²) in [6, 6.07) is 47.3. The summed E-state index contributed by atoms with van der Waals surface area (Å²) in [6.07, 6.45) is 6.20. The molecule has 5 aromatic carbocycles. The molecule has 0 N–H and O–H groups in total. The molecular formula is C51H50IrN2OSi-2. The minimum Gasteiger partial charge on any atom is -0.501 e. The molecule has 0 aliphatic rings. The molecule has 8 aromatic rings. The van der Waals surface area contributed by atoms with Crippen molar-refractivity contribution < 1.29 is 24.5 Å². The number of hydrogen-bond acceptors (Lipinski definition) is 3. The molecule has 0 saturated heterocycles. The van der Waals surface area contributed by atoms with E-state index in [1.807, 2.05) is 24.5 Å². The zero-order valence-corrected chi connectivity index (χ0v) is 37.1. The van der Waals surface area contributed by atoms with Crippen LogP contribution in [0.25, 0.3) is 66.7 Å². The first-order valence-electron chi connectivity index (χ1n) is 19.5. The van der Waals surface area contributed by atoms with E-state index in [1.165, 1.54) is 49.7 Å². The van der Waals surface area contributed by atoms with Gasteiger partial charge in [-0.15, -0.1) is 47.5 Å². The van der Waals surface area contributed by atoms with Crippen LogP contribution >= 0.6 is 0 Å². The molecule has 0 unspecified atom stereocenters. The largest absolute Gasteiger partial charge is 0.501 e. The summed E-state index contributed by atoms with van der Waals surface area (Å²) in [6.45, 7) is 18.0. The van der Waals surface area contributed by atoms with Gasteiger partial charge in [0, 0.05) is 37.9 Å². The van der Waals surface area contributed by atoms with Crippen LogP contribution in [0.15, 0.2) is 132 Å². The van der Waals surface area contributed by atoms with Gasteiger partial charge in [-0.1, -0.05) is 135 Å². The maximum Gasteiger partial charge on any atom is 0.120 e. The molecule has 0 amide bonds. The Morgan fingerprint density at radius 2 is 1.43 bits per heavy atom. The molecular weight excluding hydrogens is 877 g/mol. The number of nitrogens with zero attached hydrogens (tertiary/aromatic N) is 2. The van der Waals surface area contributed by atoms with Crippen molar-refractivity contribution in [1.82, 2.24) is 9.97 Å². The van der Waals surface area contributed by atoms with Gasteiger partial charge in [-0.2, -0.15) is 0 Å². The number of furan rings is 1. The van der Waals surface area contributed by atoms with Crippen LogP contribution in [0.5, 0.6) is 0 Å². The second kappa shape index (κ2) is 17.5. The molecule has 0 atom stereocenters. The molecule has 0 spiro atoms. The van der Waals surface area contributed by atoms with Crippen molar-refractivity contribution in [2.24, 2.45) is 0 Å². The van der Waals surface area contributed by atoms with Gasteiger partial charge in [-0.3, -0.25) is 0 Å². The number of benzene rings is 5. The molecule has 0 fully saturated rings. The zero-order chi connectivity index (χ0) is 38.7. The molecule has 285 valence electrons. The maximum absolute atomic E-state index is 6.37. The van der Waals surface area contributed by atoms with Crippen molar-refractivity contribution in [2.45, 2.75) is 73.0 Å². The molecule has 3 nitrogen and oxygen atoms in total. The van der Waals surface area contributed by atoms with Gasteiger partial charge in [0.15, 0.2) is 0 Å². The van der Waals surface area contributed by atoms with Crippen LogP contribution in [0.1, 0.15) is 54.9 Å². The average molecular weight is 927 g/mol. The molecule has 3 heterocycles. The van der Waals surface area contributed by atoms with Crippen molar-refractivity contribution in [3.8, 4) is 44.8 Å². The fraction of sp³-hybridized carbons (Fsp3) is 0.216. The average Bonchev–Trinajstić information content (AvgIpc) is 3.57. The summed E-state index contributed by atoms with van der Waals surface area (Å²) in [5, 5.41) is 3.62. The molecule has 1 radical (unpaired) electrons. The monoisotopic (exact) mass is 927 g/mol. The van der Waals surface area contributed by atoms with Gasteiger partial charge in [0.1, 0.15) is 5.58 Å². The third-order valence-electron chi connectivity index (χ3n) is 10.8. The predicted octanol–water partition coefficient (Wildman–Crippen LogP) is 13.7. The van der Waals surface area contributed by atoms with E-state index in [0.29, 0.717) is 5.92 Å². The molecule has 5 heteroatoms. The van der Waals surface area contributed by atoms with E-state index in [2.05, 4.69) is 179 Å². The number of pyridine rings is 2. The summed E-state index contributed by atoms with van der Waals surface area (Å²) in [4.78, 5) is 9.36. The Hall–Kier alpha value is -4.93. The maximum atomic E-state index is 6.37. The Labute approximate surface area is 347 Å². The number of aryl methyl sites for hydroxylation is 3. The predicted molar refractivity (Wildman–Crippen MR) is 236 cm³/mol. The summed E-state index contributed by atoms with van der Waals surface area (Å²) >= 11 is 0. The number of hydrogen-bond donors (Lipinski definition) is 0. The number of fused-ring (bicyclic) bond motifs is 3. The van der Waals surface area contributed by atoms with Crippen LogP contribution in [0.4, 0.5) is 0 Å². The Balaban J connectivity index is 0.000000197. The van der Waals surface area contributed by atoms with Crippen LogP contribution in [0.2, 0.25) is 19.6 Å². The van der Waals surface area contributed by atoms with E-state index >= 15 is 0 Å². The van der Waals surface area contributed by atoms with Gasteiger partial charge < -0.3 is 14.4 Å². The van der Waals surface area contributed by atoms with Crippen molar-refractivity contribution >= 4 is 35.2 Å². The first kappa shape index (κ1) is 40.7. The van der Waals surface area contributed by atoms with Gasteiger partial charge in [0.05, 0.1) is 13.7 Å². The standard InChI is InChI=1S/C30H28NO.C21H22NSi.Ir/c1-5-21(6-2)22-15-16-31-27(18-22)25-12-8-11-24-26-17-23(13-14-28(26)32-30(24)25)29-19(3)9-7-10-20(29)4;1-16-10-11-18(14-20(16)17-8-6-5-7-9-17)21-13-12-19(15-22-21)23(2,3)4;/h7-11,13-18,21H,5-6H2,1-4H3;5-10,12-15H,1-4H3;/q2*-1;. The SMILES string of the molecule is CCC(CC)c1ccnc(-c2[c-]ccc3c2oc2ccc(-c4c(C)cccc4C)cc23)c1.Cc1c[c-]c(-c2ccc([Si](C)(C)C)cn2)cc1-c1ccccc1.[Ir]. The van der Waals surface area contributed by atoms with Crippen molar-refractivity contribution in [3.05, 3.63) is 162 Å². The zero-order valence-electron chi connectivity index (χ0n) is 33.8. The summed E-state index contributed by atoms with van der Waals surface area (Å²) in [7, 11) is -1.30. The summed E-state index contributed by atoms with van der Waals surface area (Å²) < 4.78 is 6.37. The van der Waals surface area contributed by atoms with Crippen molar-refractivity contribution in [1.29, 1.82) is 0 Å². The van der Waals surface area contributed by atoms with E-state index in [4.69, 9.17) is 4.42 Å². The van der Waals surface area contributed by atoms with E-state index in [9.17, 15) is 0 Å². The third kappa shape index (κ3) is 8.56. The Bertz CT molecular complexity index is 2560. The fourth-order valence-corrected chi connectivity index (χ4v) is 8.63. The third-order valence-corrected chi connectivity index (χ3v) is 12.9. The van der Waals surface area contributed by atoms with Gasteiger partial charge in [-0.25, -0.2) is 0 Å². The van der Waals surface area contributed by atoms with Crippen LogP contribution in [0.3, 0.4) is 0 Å². The van der Waals surface area contributed by atoms with Gasteiger partial charge in [0.2, 0.25) is 0 Å². The number of rotatable bonds is 8. The van der Waals surface area contributed by atoms with Gasteiger partial charge >= 0.3 is 0 Å². The number of aromatic nitrogens is 2.